The van der Waals surface area contributed by atoms with Gasteiger partial charge in [0.1, 0.15) is 0 Å². The van der Waals surface area contributed by atoms with E-state index in [1.807, 2.05) is 24.3 Å². The fraction of sp³-hybridized carbons (Fsp3) is 0.111. The van der Waals surface area contributed by atoms with Crippen LogP contribution in [0.25, 0.3) is 5.57 Å². The number of carbonyl (C=O) groups excluding carboxylic acids is 1. The zero-order chi connectivity index (χ0) is 18.7. The zero-order valence-corrected chi connectivity index (χ0v) is 16.5. The quantitative estimate of drug-likeness (QED) is 0.420. The summed E-state index contributed by atoms with van der Waals surface area (Å²) in [4.78, 5) is 23.3. The smallest absolute Gasteiger partial charge is 0.450 e. The van der Waals surface area contributed by atoms with Crippen LogP contribution in [0.4, 0.5) is 16.2 Å². The van der Waals surface area contributed by atoms with E-state index < -0.39 is 12.4 Å². The van der Waals surface area contributed by atoms with Crippen molar-refractivity contribution in [2.24, 2.45) is 0 Å². The van der Waals surface area contributed by atoms with Gasteiger partial charge in [-0.25, -0.2) is 4.79 Å². The molecule has 1 aliphatic rings. The van der Waals surface area contributed by atoms with Gasteiger partial charge in [0.25, 0.3) is 0 Å². The molecule has 3 N–H and O–H groups in total. The third kappa shape index (κ3) is 4.44. The maximum absolute atomic E-state index is 12.4. The monoisotopic (exact) mass is 480 g/mol. The van der Waals surface area contributed by atoms with Gasteiger partial charge in [-0.15, -0.1) is 0 Å². The number of para-hydroxylation sites is 1. The molecule has 8 heteroatoms. The average Bonchev–Trinajstić information content (AvgIpc) is 2.54. The molecule has 0 radical (unpaired) electrons. The summed E-state index contributed by atoms with van der Waals surface area (Å²) in [5.74, 6) is -0.303. The maximum Gasteiger partial charge on any atom is 0.507 e. The van der Waals surface area contributed by atoms with Crippen molar-refractivity contribution in [1.82, 2.24) is 0 Å². The molecule has 0 aromatic heterocycles. The lowest BCUT2D eigenvalue weighted by Crippen LogP contribution is -2.30. The lowest BCUT2D eigenvalue weighted by atomic mass is 9.95. The second-order valence-electron chi connectivity index (χ2n) is 5.56. The molecule has 3 rings (SSSR count). The molecule has 0 saturated carbocycles. The van der Waals surface area contributed by atoms with Crippen LogP contribution in [0.5, 0.6) is 0 Å². The maximum atomic E-state index is 12.4. The van der Waals surface area contributed by atoms with Crippen molar-refractivity contribution in [3.05, 3.63) is 63.0 Å². The molecule has 0 saturated heterocycles. The second-order valence-corrected chi connectivity index (χ2v) is 7.33. The number of amides is 1. The van der Waals surface area contributed by atoms with Crippen LogP contribution in [0.1, 0.15) is 12.0 Å². The van der Waals surface area contributed by atoms with E-state index in [-0.39, 0.29) is 12.3 Å². The summed E-state index contributed by atoms with van der Waals surface area (Å²) >= 11 is 6.90. The fourth-order valence-corrected chi connectivity index (χ4v) is 4.20. The molecule has 2 aromatic carbocycles. The van der Waals surface area contributed by atoms with Gasteiger partial charge in [0.2, 0.25) is 5.91 Å². The molecule has 0 aliphatic carbocycles. The normalized spacial score (nSPS) is 17.2. The Kier molecular flexibility index (Phi) is 5.63. The number of fused-ring (bicyclic) bond motifs is 1. The van der Waals surface area contributed by atoms with Gasteiger partial charge >= 0.3 is 6.16 Å². The lowest BCUT2D eigenvalue weighted by Gasteiger charge is -2.29. The number of rotatable bonds is 3. The third-order valence-electron chi connectivity index (χ3n) is 3.69. The molecule has 26 heavy (non-hydrogen) atoms. The second kappa shape index (κ2) is 7.92. The van der Waals surface area contributed by atoms with Crippen LogP contribution >= 0.6 is 31.9 Å². The number of hydrogen-bond acceptors (Lipinski definition) is 4. The van der Waals surface area contributed by atoms with Crippen LogP contribution in [-0.2, 0) is 9.53 Å². The largest absolute Gasteiger partial charge is 0.507 e. The van der Waals surface area contributed by atoms with Gasteiger partial charge in [0, 0.05) is 38.4 Å². The number of benzene rings is 2. The van der Waals surface area contributed by atoms with Crippen molar-refractivity contribution in [3.8, 4) is 0 Å². The minimum Gasteiger partial charge on any atom is -0.450 e. The van der Waals surface area contributed by atoms with Gasteiger partial charge in [-0.1, -0.05) is 50.1 Å². The Hall–Kier alpha value is -2.32. The van der Waals surface area contributed by atoms with E-state index in [1.54, 1.807) is 18.2 Å². The standard InChI is InChI=1S/C18H14Br2N2O4/c19-11-8-13(20)17-10(6-15(23)21-12-4-2-1-3-5-12)7-16(26-18(24)25)22-14(17)9-11/h1-6,8-9,16,22H,7H2,(H,21,23)(H,24,25)/b10-6+. The predicted molar refractivity (Wildman–Crippen MR) is 106 cm³/mol. The zero-order valence-electron chi connectivity index (χ0n) is 13.3. The first-order chi connectivity index (χ1) is 12.4. The molecule has 1 heterocycles. The molecule has 0 bridgehead atoms. The molecule has 6 nitrogen and oxygen atoms in total. The van der Waals surface area contributed by atoms with E-state index >= 15 is 0 Å². The minimum absolute atomic E-state index is 0.224. The topological polar surface area (TPSA) is 87.7 Å². The molecular weight excluding hydrogens is 468 g/mol. The highest BCUT2D eigenvalue weighted by atomic mass is 79.9. The summed E-state index contributed by atoms with van der Waals surface area (Å²) in [7, 11) is 0. The number of halogens is 2. The molecule has 1 unspecified atom stereocenters. The molecule has 2 aromatic rings. The number of carbonyl (C=O) groups is 2. The van der Waals surface area contributed by atoms with Crippen LogP contribution in [0.2, 0.25) is 0 Å². The SMILES string of the molecule is O=C(/C=C1\CC(OC(=O)O)Nc2cc(Br)cc(Br)c21)Nc1ccccc1. The van der Waals surface area contributed by atoms with Crippen molar-refractivity contribution >= 4 is 60.9 Å². The van der Waals surface area contributed by atoms with E-state index in [0.717, 1.165) is 14.5 Å². The van der Waals surface area contributed by atoms with Crippen molar-refractivity contribution in [1.29, 1.82) is 0 Å². The molecule has 1 amide bonds. The number of ether oxygens (including phenoxy) is 1. The Balaban J connectivity index is 1.93. The summed E-state index contributed by atoms with van der Waals surface area (Å²) in [5, 5.41) is 14.7. The van der Waals surface area contributed by atoms with E-state index in [1.165, 1.54) is 6.08 Å². The Morgan fingerprint density at radius 1 is 1.23 bits per heavy atom. The fourth-order valence-electron chi connectivity index (χ4n) is 2.72. The van der Waals surface area contributed by atoms with Crippen LogP contribution in [0, 0.1) is 0 Å². The van der Waals surface area contributed by atoms with Crippen LogP contribution < -0.4 is 10.6 Å². The molecule has 134 valence electrons. The van der Waals surface area contributed by atoms with E-state index in [2.05, 4.69) is 42.5 Å². The number of hydrogen-bond donors (Lipinski definition) is 3. The van der Waals surface area contributed by atoms with Crippen LogP contribution in [0.15, 0.2) is 57.5 Å². The van der Waals surface area contributed by atoms with E-state index in [4.69, 9.17) is 9.84 Å². The van der Waals surface area contributed by atoms with Crippen molar-refractivity contribution in [3.63, 3.8) is 0 Å². The number of carboxylic acid groups (broad SMARTS) is 1. The highest BCUT2D eigenvalue weighted by molar-refractivity contribution is 9.11. The lowest BCUT2D eigenvalue weighted by molar-refractivity contribution is -0.111. The summed E-state index contributed by atoms with van der Waals surface area (Å²) in [6.45, 7) is 0. The van der Waals surface area contributed by atoms with Gasteiger partial charge in [-0.3, -0.25) is 4.79 Å². The molecule has 1 aliphatic heterocycles. The van der Waals surface area contributed by atoms with E-state index in [0.29, 0.717) is 16.9 Å². The van der Waals surface area contributed by atoms with Crippen molar-refractivity contribution in [2.45, 2.75) is 12.6 Å². The van der Waals surface area contributed by atoms with Crippen molar-refractivity contribution < 1.29 is 19.4 Å². The summed E-state index contributed by atoms with van der Waals surface area (Å²) < 4.78 is 6.45. The molecule has 1 atom stereocenters. The van der Waals surface area contributed by atoms with Crippen LogP contribution in [-0.4, -0.2) is 23.4 Å². The molecule has 0 spiro atoms. The van der Waals surface area contributed by atoms with Crippen molar-refractivity contribution in [2.75, 3.05) is 10.6 Å². The summed E-state index contributed by atoms with van der Waals surface area (Å²) in [6.07, 6.45) is -0.476. The summed E-state index contributed by atoms with van der Waals surface area (Å²) in [6, 6.07) is 12.8. The van der Waals surface area contributed by atoms with E-state index in [9.17, 15) is 9.59 Å². The predicted octanol–water partition coefficient (Wildman–Crippen LogP) is 5.07. The Morgan fingerprint density at radius 2 is 1.96 bits per heavy atom. The third-order valence-corrected chi connectivity index (χ3v) is 4.77. The van der Waals surface area contributed by atoms with Gasteiger partial charge in [0.15, 0.2) is 6.23 Å². The Bertz CT molecular complexity index is 884. The first kappa shape index (κ1) is 18.5. The average molecular weight is 482 g/mol. The number of anilines is 2. The van der Waals surface area contributed by atoms with Gasteiger partial charge in [-0.2, -0.15) is 0 Å². The van der Waals surface area contributed by atoms with Gasteiger partial charge in [-0.05, 0) is 29.8 Å². The highest BCUT2D eigenvalue weighted by Gasteiger charge is 2.27. The Morgan fingerprint density at radius 3 is 2.65 bits per heavy atom. The Labute approximate surface area is 166 Å². The summed E-state index contributed by atoms with van der Waals surface area (Å²) in [5.41, 5.74) is 2.80. The van der Waals surface area contributed by atoms with Gasteiger partial charge < -0.3 is 20.5 Å². The van der Waals surface area contributed by atoms with Crippen LogP contribution in [0.3, 0.4) is 0 Å². The number of nitrogens with one attached hydrogen (secondary N) is 2. The first-order valence-electron chi connectivity index (χ1n) is 7.64. The highest BCUT2D eigenvalue weighted by Crippen LogP contribution is 2.40. The molecular formula is C18H14Br2N2O4. The van der Waals surface area contributed by atoms with Gasteiger partial charge in [0.05, 0.1) is 0 Å². The first-order valence-corrected chi connectivity index (χ1v) is 9.23. The molecule has 0 fully saturated rings. The minimum atomic E-state index is -1.38.